The molecule has 13 heteroatoms. The molecule has 0 unspecified atom stereocenters. The number of hydrogen-bond acceptors (Lipinski definition) is 7. The Morgan fingerprint density at radius 2 is 1.67 bits per heavy atom. The van der Waals surface area contributed by atoms with Crippen LogP contribution >= 0.6 is 0 Å². The first-order chi connectivity index (χ1) is 17.2. The van der Waals surface area contributed by atoms with Gasteiger partial charge in [0.15, 0.2) is 11.6 Å². The Morgan fingerprint density at radius 1 is 0.972 bits per heavy atom. The second kappa shape index (κ2) is 8.73. The SMILES string of the molecule is Nc1c(NC2(c3nnnn3-c3cccc(C(F)(F)F)c3)CCCCC2)c(=O)n(-c2ccccc2)n1N. The number of nitrogens with zero attached hydrogens (tertiary/aromatic N) is 6. The van der Waals surface area contributed by atoms with Crippen LogP contribution in [0.15, 0.2) is 59.4 Å². The molecule has 36 heavy (non-hydrogen) atoms. The van der Waals surface area contributed by atoms with E-state index in [1.165, 1.54) is 21.5 Å². The Kier molecular flexibility index (Phi) is 5.69. The van der Waals surface area contributed by atoms with Crippen LogP contribution < -0.4 is 22.5 Å². The highest BCUT2D eigenvalue weighted by atomic mass is 19.4. The normalized spacial score (nSPS) is 15.6. The third-order valence-electron chi connectivity index (χ3n) is 6.51. The zero-order valence-corrected chi connectivity index (χ0v) is 19.1. The lowest BCUT2D eigenvalue weighted by molar-refractivity contribution is -0.137. The molecule has 0 aliphatic heterocycles. The molecule has 4 aromatic rings. The molecule has 0 saturated heterocycles. The molecule has 5 rings (SSSR count). The first-order valence-electron chi connectivity index (χ1n) is 11.4. The molecule has 1 aliphatic rings. The number of nitrogen functional groups attached to an aromatic ring is 2. The summed E-state index contributed by atoms with van der Waals surface area (Å²) in [5.41, 5.74) is 4.76. The summed E-state index contributed by atoms with van der Waals surface area (Å²) in [6, 6.07) is 13.6. The predicted molar refractivity (Wildman–Crippen MR) is 127 cm³/mol. The molecule has 0 radical (unpaired) electrons. The van der Waals surface area contributed by atoms with Crippen molar-refractivity contribution >= 4 is 11.5 Å². The minimum Gasteiger partial charge on any atom is -0.380 e. The van der Waals surface area contributed by atoms with Crippen molar-refractivity contribution in [2.24, 2.45) is 0 Å². The molecule has 2 heterocycles. The van der Waals surface area contributed by atoms with Crippen molar-refractivity contribution in [1.29, 1.82) is 0 Å². The van der Waals surface area contributed by atoms with Gasteiger partial charge in [-0.1, -0.05) is 43.5 Å². The Hall–Kier alpha value is -4.29. The van der Waals surface area contributed by atoms with Crippen molar-refractivity contribution < 1.29 is 13.2 Å². The number of anilines is 2. The number of nitrogens with two attached hydrogens (primary N) is 2. The summed E-state index contributed by atoms with van der Waals surface area (Å²) in [7, 11) is 0. The number of hydrogen-bond donors (Lipinski definition) is 3. The zero-order chi connectivity index (χ0) is 25.5. The van der Waals surface area contributed by atoms with Gasteiger partial charge in [0.05, 0.1) is 22.5 Å². The van der Waals surface area contributed by atoms with Crippen molar-refractivity contribution in [3.8, 4) is 11.4 Å². The smallest absolute Gasteiger partial charge is 0.380 e. The van der Waals surface area contributed by atoms with Crippen molar-refractivity contribution in [3.05, 3.63) is 76.3 Å². The highest BCUT2D eigenvalue weighted by molar-refractivity contribution is 5.64. The monoisotopic (exact) mass is 499 g/mol. The number of alkyl halides is 3. The van der Waals surface area contributed by atoms with E-state index >= 15 is 0 Å². The minimum absolute atomic E-state index is 0.00638. The average Bonchev–Trinajstić information content (AvgIpc) is 3.45. The van der Waals surface area contributed by atoms with Crippen LogP contribution in [-0.2, 0) is 11.7 Å². The van der Waals surface area contributed by atoms with Crippen LogP contribution in [0.1, 0.15) is 43.5 Å². The van der Waals surface area contributed by atoms with Gasteiger partial charge < -0.3 is 16.9 Å². The van der Waals surface area contributed by atoms with Gasteiger partial charge in [-0.25, -0.2) is 0 Å². The van der Waals surface area contributed by atoms with E-state index in [1.54, 1.807) is 24.3 Å². The molecular formula is C23H24F3N9O. The van der Waals surface area contributed by atoms with E-state index in [1.807, 2.05) is 6.07 Å². The summed E-state index contributed by atoms with van der Waals surface area (Å²) in [4.78, 5) is 14.5. The molecule has 2 aromatic carbocycles. The quantitative estimate of drug-likeness (QED) is 0.359. The van der Waals surface area contributed by atoms with Crippen molar-refractivity contribution in [2.75, 3.05) is 16.9 Å². The van der Waals surface area contributed by atoms with E-state index in [0.717, 1.165) is 36.2 Å². The first-order valence-corrected chi connectivity index (χ1v) is 11.4. The van der Waals surface area contributed by atoms with Gasteiger partial charge in [0.2, 0.25) is 0 Å². The molecule has 5 N–H and O–H groups in total. The predicted octanol–water partition coefficient (Wildman–Crippen LogP) is 3.20. The van der Waals surface area contributed by atoms with E-state index in [9.17, 15) is 18.0 Å². The Balaban J connectivity index is 1.61. The van der Waals surface area contributed by atoms with E-state index < -0.39 is 22.8 Å². The van der Waals surface area contributed by atoms with E-state index in [4.69, 9.17) is 11.6 Å². The molecule has 0 spiro atoms. The maximum Gasteiger partial charge on any atom is 0.416 e. The lowest BCUT2D eigenvalue weighted by Crippen LogP contribution is -2.41. The second-order valence-electron chi connectivity index (χ2n) is 8.79. The maximum atomic E-state index is 13.4. The molecule has 2 aromatic heterocycles. The van der Waals surface area contributed by atoms with Gasteiger partial charge in [0.1, 0.15) is 5.69 Å². The van der Waals surface area contributed by atoms with Crippen LogP contribution in [-0.4, -0.2) is 29.7 Å². The molecule has 1 fully saturated rings. The molecular weight excluding hydrogens is 475 g/mol. The standard InChI is InChI=1S/C23H24F3N9O/c24-23(25,26)15-8-7-11-17(14-15)33-21(30-31-32-33)22(12-5-2-6-13-22)29-18-19(27)35(28)34(20(18)36)16-9-3-1-4-10-16/h1,3-4,7-11,14,29H,2,5-6,12-13,27-28H2. The van der Waals surface area contributed by atoms with Crippen LogP contribution in [0.5, 0.6) is 0 Å². The number of benzene rings is 2. The van der Waals surface area contributed by atoms with E-state index in [0.29, 0.717) is 18.5 Å². The summed E-state index contributed by atoms with van der Waals surface area (Å²) in [5, 5.41) is 15.2. The molecule has 10 nitrogen and oxygen atoms in total. The van der Waals surface area contributed by atoms with Gasteiger partial charge >= 0.3 is 6.18 Å². The number of rotatable bonds is 5. The van der Waals surface area contributed by atoms with E-state index in [-0.39, 0.29) is 23.0 Å². The summed E-state index contributed by atoms with van der Waals surface area (Å²) in [6.45, 7) is 0. The summed E-state index contributed by atoms with van der Waals surface area (Å²) in [5.74, 6) is 6.44. The Bertz CT molecular complexity index is 1430. The average molecular weight is 500 g/mol. The summed E-state index contributed by atoms with van der Waals surface area (Å²) < 4.78 is 42.6. The third-order valence-corrected chi connectivity index (χ3v) is 6.51. The summed E-state index contributed by atoms with van der Waals surface area (Å²) in [6.07, 6.45) is -0.919. The molecule has 0 bridgehead atoms. The minimum atomic E-state index is -4.52. The Morgan fingerprint density at radius 3 is 2.36 bits per heavy atom. The van der Waals surface area contributed by atoms with Crippen LogP contribution in [0.4, 0.5) is 24.7 Å². The zero-order valence-electron chi connectivity index (χ0n) is 19.1. The number of tetrazole rings is 1. The molecule has 1 saturated carbocycles. The van der Waals surface area contributed by atoms with Crippen molar-refractivity contribution in [3.63, 3.8) is 0 Å². The lowest BCUT2D eigenvalue weighted by Gasteiger charge is -2.37. The van der Waals surface area contributed by atoms with Crippen LogP contribution in [0, 0.1) is 0 Å². The topological polar surface area (TPSA) is 135 Å². The fourth-order valence-electron chi connectivity index (χ4n) is 4.74. The van der Waals surface area contributed by atoms with Crippen molar-refractivity contribution in [1.82, 2.24) is 29.7 Å². The lowest BCUT2D eigenvalue weighted by atomic mass is 9.80. The number of halogens is 3. The van der Waals surface area contributed by atoms with Crippen LogP contribution in [0.25, 0.3) is 11.4 Å². The number of aromatic nitrogens is 6. The fourth-order valence-corrected chi connectivity index (χ4v) is 4.74. The second-order valence-corrected chi connectivity index (χ2v) is 8.79. The largest absolute Gasteiger partial charge is 0.416 e. The van der Waals surface area contributed by atoms with Gasteiger partial charge in [-0.2, -0.15) is 27.3 Å². The molecule has 1 aliphatic carbocycles. The maximum absolute atomic E-state index is 13.4. The molecule has 188 valence electrons. The van der Waals surface area contributed by atoms with Crippen molar-refractivity contribution in [2.45, 2.75) is 43.8 Å². The van der Waals surface area contributed by atoms with Gasteiger partial charge in [-0.15, -0.1) is 5.10 Å². The Labute approximate surface area is 203 Å². The molecule has 0 amide bonds. The van der Waals surface area contributed by atoms with Crippen LogP contribution in [0.2, 0.25) is 0 Å². The highest BCUT2D eigenvalue weighted by Crippen LogP contribution is 2.40. The number of para-hydroxylation sites is 1. The molecule has 0 atom stereocenters. The van der Waals surface area contributed by atoms with E-state index in [2.05, 4.69) is 20.8 Å². The first kappa shape index (κ1) is 23.5. The third kappa shape index (κ3) is 3.95. The van der Waals surface area contributed by atoms with Gasteiger partial charge in [-0.05, 0) is 53.6 Å². The van der Waals surface area contributed by atoms with Gasteiger partial charge in [-0.3, -0.25) is 4.79 Å². The van der Waals surface area contributed by atoms with Gasteiger partial charge in [0, 0.05) is 0 Å². The number of nitrogens with one attached hydrogen (secondary N) is 1. The highest BCUT2D eigenvalue weighted by Gasteiger charge is 2.41. The van der Waals surface area contributed by atoms with Crippen LogP contribution in [0.3, 0.4) is 0 Å². The van der Waals surface area contributed by atoms with Gasteiger partial charge in [0.25, 0.3) is 5.56 Å². The summed E-state index contributed by atoms with van der Waals surface area (Å²) >= 11 is 0. The fraction of sp³-hybridized carbons (Fsp3) is 0.304.